The molecule has 2 amide bonds. The van der Waals surface area contributed by atoms with Gasteiger partial charge in [-0.3, -0.25) is 9.58 Å². The van der Waals surface area contributed by atoms with Gasteiger partial charge in [-0.25, -0.2) is 9.78 Å². The summed E-state index contributed by atoms with van der Waals surface area (Å²) in [4.78, 5) is 26.2. The molecule has 0 saturated carbocycles. The Morgan fingerprint density at radius 3 is 2.94 bits per heavy atom. The van der Waals surface area contributed by atoms with Crippen molar-refractivity contribution in [1.29, 1.82) is 0 Å². The fraction of sp³-hybridized carbons (Fsp3) is 0.333. The minimum atomic E-state index is -0.0814. The van der Waals surface area contributed by atoms with Gasteiger partial charge in [0.1, 0.15) is 5.82 Å². The standard InChI is InChI=1S/C21H25ClN8O/c1-4-6-14(5-2)11-29-12-15-9-24-20(25-17-13-28(3)27-18(17)22)26-19(15)30(21(29)31)16-7-8-23-10-16/h4-6,9,13,16,23H,1-2,7-8,10-12H2,3H3,(H,24,25,26)/b14-6+. The maximum absolute atomic E-state index is 13.5. The highest BCUT2D eigenvalue weighted by Gasteiger charge is 2.38. The SMILES string of the molecule is C=C/C=C(\C=C)CN1Cc2cnc(Nc3cn(C)nc3Cl)nc2N(C2CCNC2)C1=O. The summed E-state index contributed by atoms with van der Waals surface area (Å²) in [6, 6.07) is -0.0589. The molecule has 2 aliphatic rings. The second-order valence-electron chi connectivity index (χ2n) is 7.51. The highest BCUT2D eigenvalue weighted by atomic mass is 35.5. The lowest BCUT2D eigenvalue weighted by Gasteiger charge is -2.39. The van der Waals surface area contributed by atoms with Crippen LogP contribution in [0.1, 0.15) is 12.0 Å². The number of halogens is 1. The van der Waals surface area contributed by atoms with Crippen molar-refractivity contribution < 1.29 is 4.79 Å². The van der Waals surface area contributed by atoms with E-state index in [9.17, 15) is 4.79 Å². The Labute approximate surface area is 186 Å². The van der Waals surface area contributed by atoms with E-state index in [1.54, 1.807) is 46.1 Å². The Hall–Kier alpha value is -3.17. The normalized spacial score (nSPS) is 18.8. The first kappa shape index (κ1) is 21.1. The van der Waals surface area contributed by atoms with Crippen LogP contribution in [-0.2, 0) is 13.6 Å². The lowest BCUT2D eigenvalue weighted by atomic mass is 10.1. The van der Waals surface area contributed by atoms with Gasteiger partial charge in [-0.05, 0) is 18.5 Å². The molecule has 2 aromatic rings. The van der Waals surface area contributed by atoms with E-state index < -0.39 is 0 Å². The smallest absolute Gasteiger partial charge is 0.320 e. The van der Waals surface area contributed by atoms with Gasteiger partial charge in [0.05, 0.1) is 18.3 Å². The van der Waals surface area contributed by atoms with Gasteiger partial charge in [0.2, 0.25) is 5.95 Å². The topological polar surface area (TPSA) is 91.2 Å². The number of nitrogens with zero attached hydrogens (tertiary/aromatic N) is 6. The Morgan fingerprint density at radius 1 is 1.45 bits per heavy atom. The summed E-state index contributed by atoms with van der Waals surface area (Å²) in [7, 11) is 1.78. The quantitative estimate of drug-likeness (QED) is 0.643. The second kappa shape index (κ2) is 8.91. The summed E-state index contributed by atoms with van der Waals surface area (Å²) in [5.41, 5.74) is 2.41. The van der Waals surface area contributed by atoms with Crippen LogP contribution in [0.25, 0.3) is 0 Å². The van der Waals surface area contributed by atoms with Crippen molar-refractivity contribution in [2.45, 2.75) is 19.0 Å². The van der Waals surface area contributed by atoms with Gasteiger partial charge in [-0.1, -0.05) is 43.0 Å². The zero-order chi connectivity index (χ0) is 22.0. The van der Waals surface area contributed by atoms with Crippen molar-refractivity contribution in [1.82, 2.24) is 30.0 Å². The molecule has 162 valence electrons. The van der Waals surface area contributed by atoms with E-state index in [-0.39, 0.29) is 12.1 Å². The van der Waals surface area contributed by atoms with Crippen LogP contribution >= 0.6 is 11.6 Å². The molecule has 1 unspecified atom stereocenters. The Kier molecular flexibility index (Phi) is 6.06. The van der Waals surface area contributed by atoms with Crippen molar-refractivity contribution in [3.8, 4) is 0 Å². The minimum absolute atomic E-state index is 0.0225. The molecule has 9 nitrogen and oxygen atoms in total. The number of aryl methyl sites for hydroxylation is 1. The fourth-order valence-electron chi connectivity index (χ4n) is 3.83. The first-order valence-electron chi connectivity index (χ1n) is 10.0. The molecule has 10 heteroatoms. The van der Waals surface area contributed by atoms with E-state index in [1.165, 1.54) is 0 Å². The van der Waals surface area contributed by atoms with E-state index in [2.05, 4.69) is 38.9 Å². The summed E-state index contributed by atoms with van der Waals surface area (Å²) in [5, 5.41) is 10.9. The van der Waals surface area contributed by atoms with Gasteiger partial charge in [-0.2, -0.15) is 10.1 Å². The molecule has 2 N–H and O–H groups in total. The third-order valence-corrected chi connectivity index (χ3v) is 5.58. The number of rotatable bonds is 7. The molecule has 2 aromatic heterocycles. The maximum atomic E-state index is 13.5. The van der Waals surface area contributed by atoms with Crippen LogP contribution in [0.5, 0.6) is 0 Å². The Balaban J connectivity index is 1.67. The minimum Gasteiger partial charge on any atom is -0.320 e. The average Bonchev–Trinajstić information content (AvgIpc) is 3.38. The number of allylic oxidation sites excluding steroid dienone is 2. The molecule has 1 fully saturated rings. The van der Waals surface area contributed by atoms with Crippen LogP contribution in [0.4, 0.5) is 22.2 Å². The number of fused-ring (bicyclic) bond motifs is 1. The van der Waals surface area contributed by atoms with E-state index in [4.69, 9.17) is 11.6 Å². The number of carbonyl (C=O) groups excluding carboxylic acids is 1. The molecule has 0 aromatic carbocycles. The van der Waals surface area contributed by atoms with Gasteiger partial charge in [0.15, 0.2) is 5.15 Å². The van der Waals surface area contributed by atoms with E-state index >= 15 is 0 Å². The molecule has 0 bridgehead atoms. The van der Waals surface area contributed by atoms with Crippen LogP contribution in [0.2, 0.25) is 5.15 Å². The molecule has 2 aliphatic heterocycles. The number of urea groups is 1. The third kappa shape index (κ3) is 4.33. The molecular weight excluding hydrogens is 416 g/mol. The highest BCUT2D eigenvalue weighted by molar-refractivity contribution is 6.32. The van der Waals surface area contributed by atoms with Gasteiger partial charge in [0, 0.05) is 38.1 Å². The molecular formula is C21H25ClN8O. The lowest BCUT2D eigenvalue weighted by Crippen LogP contribution is -2.53. The molecule has 0 spiro atoms. The number of hydrogen-bond acceptors (Lipinski definition) is 6. The van der Waals surface area contributed by atoms with Crippen molar-refractivity contribution >= 4 is 35.1 Å². The van der Waals surface area contributed by atoms with Crippen LogP contribution in [0, 0.1) is 0 Å². The van der Waals surface area contributed by atoms with Gasteiger partial charge >= 0.3 is 6.03 Å². The molecule has 1 saturated heterocycles. The van der Waals surface area contributed by atoms with Gasteiger partial charge < -0.3 is 15.5 Å². The molecule has 4 heterocycles. The lowest BCUT2D eigenvalue weighted by molar-refractivity contribution is 0.200. The zero-order valence-electron chi connectivity index (χ0n) is 17.4. The van der Waals surface area contributed by atoms with Crippen LogP contribution in [0.15, 0.2) is 49.4 Å². The summed E-state index contributed by atoms with van der Waals surface area (Å²) >= 11 is 6.15. The first-order chi connectivity index (χ1) is 15.0. The number of hydrogen-bond donors (Lipinski definition) is 2. The molecule has 4 rings (SSSR count). The predicted molar refractivity (Wildman–Crippen MR) is 122 cm³/mol. The molecule has 0 radical (unpaired) electrons. The highest BCUT2D eigenvalue weighted by Crippen LogP contribution is 2.32. The van der Waals surface area contributed by atoms with Crippen LogP contribution < -0.4 is 15.5 Å². The van der Waals surface area contributed by atoms with E-state index in [0.717, 1.165) is 30.6 Å². The average molecular weight is 441 g/mol. The molecule has 0 aliphatic carbocycles. The summed E-state index contributed by atoms with van der Waals surface area (Å²) < 4.78 is 1.61. The third-order valence-electron chi connectivity index (χ3n) is 5.30. The largest absolute Gasteiger partial charge is 0.326 e. The second-order valence-corrected chi connectivity index (χ2v) is 7.87. The number of anilines is 3. The Morgan fingerprint density at radius 2 is 2.29 bits per heavy atom. The van der Waals surface area contributed by atoms with E-state index in [1.807, 2.05) is 6.08 Å². The summed E-state index contributed by atoms with van der Waals surface area (Å²) in [5.74, 6) is 0.990. The summed E-state index contributed by atoms with van der Waals surface area (Å²) in [6.07, 6.45) is 9.67. The maximum Gasteiger partial charge on any atom is 0.326 e. The number of amides is 2. The van der Waals surface area contributed by atoms with Crippen molar-refractivity contribution in [2.24, 2.45) is 7.05 Å². The predicted octanol–water partition coefficient (Wildman–Crippen LogP) is 3.01. The van der Waals surface area contributed by atoms with Gasteiger partial charge in [0.25, 0.3) is 0 Å². The van der Waals surface area contributed by atoms with Gasteiger partial charge in [-0.15, -0.1) is 0 Å². The van der Waals surface area contributed by atoms with Crippen LogP contribution in [0.3, 0.4) is 0 Å². The summed E-state index contributed by atoms with van der Waals surface area (Å²) in [6.45, 7) is 10.0. The fourth-order valence-corrected chi connectivity index (χ4v) is 4.04. The van der Waals surface area contributed by atoms with Crippen molar-refractivity contribution in [2.75, 3.05) is 29.9 Å². The number of aromatic nitrogens is 4. The number of carbonyl (C=O) groups is 1. The monoisotopic (exact) mass is 440 g/mol. The van der Waals surface area contributed by atoms with Crippen LogP contribution in [-0.4, -0.2) is 56.4 Å². The zero-order valence-corrected chi connectivity index (χ0v) is 18.1. The Bertz CT molecular complexity index is 1040. The molecule has 1 atom stereocenters. The van der Waals surface area contributed by atoms with E-state index in [0.29, 0.717) is 35.7 Å². The number of nitrogens with one attached hydrogen (secondary N) is 2. The van der Waals surface area contributed by atoms with Crippen molar-refractivity contribution in [3.05, 3.63) is 60.1 Å². The molecule has 31 heavy (non-hydrogen) atoms. The van der Waals surface area contributed by atoms with Crippen molar-refractivity contribution in [3.63, 3.8) is 0 Å². The first-order valence-corrected chi connectivity index (χ1v) is 10.4.